The zero-order valence-corrected chi connectivity index (χ0v) is 70.9. The number of rotatable bonds is 1. The Bertz CT molecular complexity index is 6540. The van der Waals surface area contributed by atoms with Crippen molar-refractivity contribution in [1.82, 2.24) is 29.9 Å². The molecule has 6 heterocycles. The van der Waals surface area contributed by atoms with E-state index in [1.54, 1.807) is 31.0 Å². The number of aromatic nitrogens is 6. The van der Waals surface area contributed by atoms with E-state index in [2.05, 4.69) is 187 Å². The minimum atomic E-state index is -0.110. The van der Waals surface area contributed by atoms with Gasteiger partial charge in [0.05, 0.1) is 38.9 Å². The van der Waals surface area contributed by atoms with E-state index in [4.69, 9.17) is 70.1 Å². The number of H-pyrrole nitrogens is 4. The smallest absolute Gasteiger partial charge is 0.329 e. The van der Waals surface area contributed by atoms with Gasteiger partial charge in [-0.15, -0.1) is 5.56 Å². The summed E-state index contributed by atoms with van der Waals surface area (Å²) in [6.07, 6.45) is 16.0. The van der Waals surface area contributed by atoms with E-state index in [1.165, 1.54) is 67.4 Å². The number of benzene rings is 7. The zero-order chi connectivity index (χ0) is 85.6. The molecule has 0 amide bonds. The largest absolute Gasteiger partial charge is 0.373 e. The number of aryl methyl sites for hydroxylation is 6. The van der Waals surface area contributed by atoms with Crippen molar-refractivity contribution in [2.24, 2.45) is 0 Å². The van der Waals surface area contributed by atoms with Crippen LogP contribution < -0.4 is 22.2 Å². The van der Waals surface area contributed by atoms with Gasteiger partial charge in [0.15, 0.2) is 0 Å². The maximum atomic E-state index is 11.9. The number of aromatic amines is 4. The van der Waals surface area contributed by atoms with Crippen molar-refractivity contribution in [3.8, 4) is 96.2 Å². The number of pyridine rings is 6. The summed E-state index contributed by atoms with van der Waals surface area (Å²) in [7, 11) is 0. The minimum Gasteiger partial charge on any atom is -0.329 e. The monoisotopic (exact) mass is 1800 g/mol. The molecule has 0 saturated heterocycles. The summed E-state index contributed by atoms with van der Waals surface area (Å²) in [5.74, 6) is 0. The Morgan fingerprint density at radius 3 is 1.13 bits per heavy atom. The second-order valence-electron chi connectivity index (χ2n) is 26.9. The molecule has 0 saturated carbocycles. The molecule has 6 aliphatic rings. The summed E-state index contributed by atoms with van der Waals surface area (Å²) < 4.78 is 2.04. The number of carbonyl (C=O) groups excluding carboxylic acids is 10. The third kappa shape index (κ3) is 20.8. The molecule has 27 heteroatoms. The number of halogens is 3. The third-order valence-electron chi connectivity index (χ3n) is 19.7. The SMILES string of the molecule is Cc1ccc2c(c1)Cc1c(Br)c[nH]c(=O)c1-2.Cc1ccc2c(c1)Cc1c(C#N)c[nH]c(=O)c1-2.Cc1ccc2c(c1)Cc1c(C#N)cnc(-c3ccc[c-]c3C)c1-2.Cc1ccc2c(c1)Cc1c(C#N)cnc(Cl)c1-2.Cc1ccc2c(c1)Cc1cc[nH]c(=O)c1-2.O=C=O.O=C=O.O=C=O.O=C=O.O=C=O.O=c1[nH]ccc2c1-c1ccc(Br)cc1C2.[Y]. The van der Waals surface area contributed by atoms with E-state index >= 15 is 0 Å². The van der Waals surface area contributed by atoms with Crippen LogP contribution in [0.2, 0.25) is 5.15 Å². The van der Waals surface area contributed by atoms with E-state index in [9.17, 15) is 24.4 Å². The van der Waals surface area contributed by atoms with Crippen LogP contribution in [0.4, 0.5) is 0 Å². The molecule has 0 spiro atoms. The Morgan fingerprint density at radius 2 is 0.706 bits per heavy atom. The molecule has 0 bridgehead atoms. The number of nitrogens with one attached hydrogen (secondary N) is 4. The Morgan fingerprint density at radius 1 is 0.370 bits per heavy atom. The van der Waals surface area contributed by atoms with E-state index in [1.807, 2.05) is 80.6 Å². The first-order valence-corrected chi connectivity index (χ1v) is 37.5. The maximum Gasteiger partial charge on any atom is 0.373 e. The molecular weight excluding hydrogens is 1740 g/mol. The van der Waals surface area contributed by atoms with Crippen molar-refractivity contribution in [3.63, 3.8) is 0 Å². The molecule has 6 aliphatic carbocycles. The second-order valence-corrected chi connectivity index (χ2v) is 29.1. The summed E-state index contributed by atoms with van der Waals surface area (Å²) >= 11 is 13.1. The van der Waals surface area contributed by atoms with Crippen LogP contribution in [0.15, 0.2) is 205 Å². The van der Waals surface area contributed by atoms with Gasteiger partial charge in [-0.05, 0) is 188 Å². The Kier molecular flexibility index (Phi) is 32.3. The van der Waals surface area contributed by atoms with Crippen molar-refractivity contribution in [3.05, 3.63) is 355 Å². The molecule has 13 aromatic rings. The van der Waals surface area contributed by atoms with Crippen molar-refractivity contribution < 1.29 is 80.7 Å². The molecule has 585 valence electrons. The van der Waals surface area contributed by atoms with Crippen molar-refractivity contribution in [2.45, 2.75) is 80.1 Å². The van der Waals surface area contributed by atoms with Crippen LogP contribution in [0.1, 0.15) is 117 Å². The van der Waals surface area contributed by atoms with Gasteiger partial charge in [-0.2, -0.15) is 93.6 Å². The molecule has 0 fully saturated rings. The maximum absolute atomic E-state index is 11.9. The first-order chi connectivity index (χ1) is 56.8. The number of hydrogen-bond acceptors (Lipinski definition) is 19. The van der Waals surface area contributed by atoms with Gasteiger partial charge < -0.3 is 19.9 Å². The van der Waals surface area contributed by atoms with Gasteiger partial charge in [0.25, 0.3) is 22.2 Å². The number of fused-ring (bicyclic) bond motifs is 18. The number of nitriles is 3. The fraction of sp³-hybridized carbons (Fsp3) is 0.130. The standard InChI is InChI=1S/C21H15N2.C14H9ClN2.C14H10N2O.C13H10BrNO.C13H11NO.C12H8BrNO.5CO2.Y/c1-13-7-8-18-15(9-13)10-19-16(11-22)12-23-21(20(18)19)17-6-4-3-5-14(17)2;1-8-2-3-11-9(4-8)5-12-10(6-16)7-17-14(15)13(11)12;1-8-2-3-11-9(4-8)5-12-10(6-15)7-16-14(17)13(11)12;1-7-2-3-9-8(4-7)5-10-11(14)6-15-13(16)12(9)10;1-8-2-3-11-10(6-8)7-9-4-5-14-13(15)12(9)11;13-9-1-2-10-8(6-9)5-7-3-4-14-12(15)11(7)10;5*2-1-3;/h3-4,6-9,12H,10H2,1-2H3;2-4,7H,5H2,1H3;2-4,7H,5H2,1H3,(H,16,17);2-4,6H,5H2,1H3,(H,15,16);2-6H,7H2,1H3,(H,14,15);1-4,6H,5H2,(H,14,15);;;;;;/q-1;;;;;;;;;;;. The predicted molar refractivity (Wildman–Crippen MR) is 438 cm³/mol. The van der Waals surface area contributed by atoms with Crippen LogP contribution >= 0.6 is 43.5 Å². The molecule has 6 aromatic heterocycles. The predicted octanol–water partition coefficient (Wildman–Crippen LogP) is 15.3. The Hall–Kier alpha value is -13.6. The normalized spacial score (nSPS) is 10.7. The molecule has 23 nitrogen and oxygen atoms in total. The Balaban J connectivity index is 0.000000172. The molecule has 119 heavy (non-hydrogen) atoms. The topological polar surface area (TPSA) is 399 Å². The molecular formula is C92H63Br2ClN9O14Y-. The number of nitrogens with zero attached hydrogens (tertiary/aromatic N) is 5. The van der Waals surface area contributed by atoms with E-state index in [-0.39, 0.29) is 85.7 Å². The van der Waals surface area contributed by atoms with Crippen LogP contribution in [0.5, 0.6) is 0 Å². The van der Waals surface area contributed by atoms with Crippen LogP contribution in [-0.4, -0.2) is 60.7 Å². The molecule has 19 rings (SSSR count). The van der Waals surface area contributed by atoms with Crippen molar-refractivity contribution in [1.29, 1.82) is 15.8 Å². The first-order valence-electron chi connectivity index (χ1n) is 35.5. The van der Waals surface area contributed by atoms with Crippen LogP contribution in [0.3, 0.4) is 0 Å². The summed E-state index contributed by atoms with van der Waals surface area (Å²) in [6, 6.07) is 57.2. The minimum absolute atomic E-state index is 0. The van der Waals surface area contributed by atoms with Gasteiger partial charge in [-0.1, -0.05) is 159 Å². The molecule has 7 aromatic carbocycles. The van der Waals surface area contributed by atoms with Gasteiger partial charge in [-0.25, -0.2) is 4.98 Å². The summed E-state index contributed by atoms with van der Waals surface area (Å²) in [6.45, 7) is 12.4. The summed E-state index contributed by atoms with van der Waals surface area (Å²) in [5, 5.41) is 28.1. The second kappa shape index (κ2) is 42.3. The number of hydrogen-bond donors (Lipinski definition) is 4. The van der Waals surface area contributed by atoms with Gasteiger partial charge in [0.1, 0.15) is 23.4 Å². The average molecular weight is 1800 g/mol. The third-order valence-corrected chi connectivity index (χ3v) is 21.2. The van der Waals surface area contributed by atoms with Crippen molar-refractivity contribution in [2.75, 3.05) is 0 Å². The fourth-order valence-corrected chi connectivity index (χ4v) is 16.1. The quantitative estimate of drug-likeness (QED) is 0.0876. The van der Waals surface area contributed by atoms with Gasteiger partial charge in [-0.3, -0.25) is 24.2 Å². The molecule has 0 unspecified atom stereocenters. The molecule has 0 aliphatic heterocycles. The van der Waals surface area contributed by atoms with Crippen LogP contribution in [0.25, 0.3) is 78.0 Å². The fourth-order valence-electron chi connectivity index (χ4n) is 14.9. The summed E-state index contributed by atoms with van der Waals surface area (Å²) in [4.78, 5) is 148. The van der Waals surface area contributed by atoms with Gasteiger partial charge >= 0.3 is 30.8 Å². The van der Waals surface area contributed by atoms with Gasteiger partial charge in [0, 0.05) is 121 Å². The molecule has 0 atom stereocenters. The van der Waals surface area contributed by atoms with E-state index in [0.717, 1.165) is 152 Å². The van der Waals surface area contributed by atoms with E-state index < -0.39 is 0 Å². The molecule has 1 radical (unpaired) electrons. The Labute approximate surface area is 726 Å². The van der Waals surface area contributed by atoms with Crippen LogP contribution in [0, 0.1) is 81.6 Å². The van der Waals surface area contributed by atoms with Crippen LogP contribution in [-0.2, 0) is 119 Å². The average Bonchev–Trinajstić information content (AvgIpc) is 1.96. The molecule has 4 N–H and O–H groups in total. The van der Waals surface area contributed by atoms with Gasteiger partial charge in [0.2, 0.25) is 0 Å². The van der Waals surface area contributed by atoms with E-state index in [0.29, 0.717) is 33.8 Å². The van der Waals surface area contributed by atoms with Crippen molar-refractivity contribution >= 4 is 74.2 Å². The zero-order valence-electron chi connectivity index (χ0n) is 64.1. The first kappa shape index (κ1) is 90.9. The summed E-state index contributed by atoms with van der Waals surface area (Å²) in [5.41, 5.74) is 36.4.